The third-order valence-corrected chi connectivity index (χ3v) is 3.13. The molecule has 0 aliphatic heterocycles. The van der Waals surface area contributed by atoms with Crippen LogP contribution < -0.4 is 10.1 Å². The van der Waals surface area contributed by atoms with Crippen LogP contribution in [0.3, 0.4) is 0 Å². The first-order valence-electron chi connectivity index (χ1n) is 7.54. The van der Waals surface area contributed by atoms with Gasteiger partial charge in [0, 0.05) is 18.0 Å². The Kier molecular flexibility index (Phi) is 5.96. The smallest absolute Gasteiger partial charge is 0.214 e. The molecule has 1 aromatic heterocycles. The van der Waals surface area contributed by atoms with E-state index in [-0.39, 0.29) is 6.10 Å². The first kappa shape index (κ1) is 15.7. The van der Waals surface area contributed by atoms with Gasteiger partial charge < -0.3 is 14.8 Å². The Morgan fingerprint density at radius 1 is 1.19 bits per heavy atom. The van der Waals surface area contributed by atoms with E-state index in [4.69, 9.17) is 9.47 Å². The molecule has 4 nitrogen and oxygen atoms in total. The summed E-state index contributed by atoms with van der Waals surface area (Å²) in [6.07, 6.45) is 0.225. The second-order valence-electron chi connectivity index (χ2n) is 5.19. The van der Waals surface area contributed by atoms with Crippen LogP contribution in [0, 0.1) is 0 Å². The highest BCUT2D eigenvalue weighted by atomic mass is 16.5. The van der Waals surface area contributed by atoms with Crippen molar-refractivity contribution in [2.45, 2.75) is 33.4 Å². The number of benzene rings is 1. The number of aromatic nitrogens is 1. The van der Waals surface area contributed by atoms with E-state index in [9.17, 15) is 0 Å². The number of ether oxygens (including phenoxy) is 2. The predicted octanol–water partition coefficient (Wildman–Crippen LogP) is 3.15. The molecule has 0 saturated carbocycles. The number of para-hydroxylation sites is 1. The normalized spacial score (nSPS) is 11.2. The summed E-state index contributed by atoms with van der Waals surface area (Å²) in [4.78, 5) is 4.56. The first-order valence-corrected chi connectivity index (χ1v) is 7.54. The standard InChI is InChI=1S/C17H24N2O2/c1-4-18-12-14-11-17(21-10-9-20-13(2)3)19-16-8-6-5-7-15(14)16/h5-8,11,13,18H,4,9-10,12H2,1-3H3. The molecule has 4 heteroatoms. The zero-order valence-electron chi connectivity index (χ0n) is 13.1. The molecular formula is C17H24N2O2. The Hall–Kier alpha value is -1.65. The van der Waals surface area contributed by atoms with E-state index in [2.05, 4.69) is 23.3 Å². The maximum atomic E-state index is 5.72. The lowest BCUT2D eigenvalue weighted by atomic mass is 10.1. The van der Waals surface area contributed by atoms with Crippen molar-refractivity contribution in [1.29, 1.82) is 0 Å². The van der Waals surface area contributed by atoms with E-state index >= 15 is 0 Å². The highest BCUT2D eigenvalue weighted by Gasteiger charge is 2.06. The Labute approximate surface area is 126 Å². The summed E-state index contributed by atoms with van der Waals surface area (Å²) in [6, 6.07) is 10.2. The molecule has 1 heterocycles. The third-order valence-electron chi connectivity index (χ3n) is 3.13. The van der Waals surface area contributed by atoms with Crippen molar-refractivity contribution in [3.05, 3.63) is 35.9 Å². The minimum absolute atomic E-state index is 0.225. The summed E-state index contributed by atoms with van der Waals surface area (Å²) in [5, 5.41) is 4.53. The van der Waals surface area contributed by atoms with E-state index in [1.54, 1.807) is 0 Å². The molecule has 21 heavy (non-hydrogen) atoms. The van der Waals surface area contributed by atoms with Gasteiger partial charge in [-0.1, -0.05) is 25.1 Å². The van der Waals surface area contributed by atoms with Crippen LogP contribution in [0.4, 0.5) is 0 Å². The number of nitrogens with zero attached hydrogens (tertiary/aromatic N) is 1. The molecule has 0 bridgehead atoms. The molecule has 2 rings (SSSR count). The number of fused-ring (bicyclic) bond motifs is 1. The highest BCUT2D eigenvalue weighted by Crippen LogP contribution is 2.22. The molecule has 0 aliphatic rings. The summed E-state index contributed by atoms with van der Waals surface area (Å²) >= 11 is 0. The van der Waals surface area contributed by atoms with Gasteiger partial charge in [-0.15, -0.1) is 0 Å². The first-order chi connectivity index (χ1) is 10.2. The number of hydrogen-bond donors (Lipinski definition) is 1. The Morgan fingerprint density at radius 2 is 2.00 bits per heavy atom. The second kappa shape index (κ2) is 7.96. The zero-order valence-corrected chi connectivity index (χ0v) is 13.1. The molecule has 2 aromatic rings. The summed E-state index contributed by atoms with van der Waals surface area (Å²) in [5.41, 5.74) is 2.18. The lowest BCUT2D eigenvalue weighted by Gasteiger charge is -2.12. The van der Waals surface area contributed by atoms with Gasteiger partial charge in [0.1, 0.15) is 6.61 Å². The van der Waals surface area contributed by atoms with Gasteiger partial charge in [-0.2, -0.15) is 0 Å². The molecule has 114 valence electrons. The van der Waals surface area contributed by atoms with Crippen LogP contribution >= 0.6 is 0 Å². The van der Waals surface area contributed by atoms with Crippen LogP contribution in [0.5, 0.6) is 5.88 Å². The molecule has 0 radical (unpaired) electrons. The summed E-state index contributed by atoms with van der Waals surface area (Å²) in [7, 11) is 0. The zero-order chi connectivity index (χ0) is 15.1. The fraction of sp³-hybridized carbons (Fsp3) is 0.471. The third kappa shape index (κ3) is 4.69. The van der Waals surface area contributed by atoms with Gasteiger partial charge >= 0.3 is 0 Å². The minimum Gasteiger partial charge on any atom is -0.475 e. The molecule has 0 amide bonds. The van der Waals surface area contributed by atoms with Gasteiger partial charge in [-0.25, -0.2) is 4.98 Å². The van der Waals surface area contributed by atoms with Crippen molar-refractivity contribution in [2.24, 2.45) is 0 Å². The fourth-order valence-electron chi connectivity index (χ4n) is 2.13. The molecule has 0 fully saturated rings. The molecule has 0 saturated heterocycles. The van der Waals surface area contributed by atoms with Crippen LogP contribution in [0.2, 0.25) is 0 Å². The van der Waals surface area contributed by atoms with E-state index in [1.807, 2.05) is 38.1 Å². The van der Waals surface area contributed by atoms with E-state index in [0.717, 1.165) is 18.6 Å². The molecule has 1 aromatic carbocycles. The fourth-order valence-corrected chi connectivity index (χ4v) is 2.13. The van der Waals surface area contributed by atoms with E-state index in [0.29, 0.717) is 19.1 Å². The van der Waals surface area contributed by atoms with Crippen LogP contribution in [0.1, 0.15) is 26.3 Å². The molecule has 0 spiro atoms. The minimum atomic E-state index is 0.225. The van der Waals surface area contributed by atoms with Crippen molar-refractivity contribution in [1.82, 2.24) is 10.3 Å². The van der Waals surface area contributed by atoms with Crippen molar-refractivity contribution in [3.8, 4) is 5.88 Å². The lowest BCUT2D eigenvalue weighted by Crippen LogP contribution is -2.14. The molecule has 0 unspecified atom stereocenters. The average molecular weight is 288 g/mol. The number of nitrogens with one attached hydrogen (secondary N) is 1. The SMILES string of the molecule is CCNCc1cc(OCCOC(C)C)nc2ccccc12. The van der Waals surface area contributed by atoms with Crippen LogP contribution in [0.25, 0.3) is 10.9 Å². The van der Waals surface area contributed by atoms with Gasteiger partial charge in [0.05, 0.1) is 18.2 Å². The Morgan fingerprint density at radius 3 is 2.76 bits per heavy atom. The van der Waals surface area contributed by atoms with Crippen LogP contribution in [-0.2, 0) is 11.3 Å². The van der Waals surface area contributed by atoms with Crippen molar-refractivity contribution < 1.29 is 9.47 Å². The maximum absolute atomic E-state index is 5.72. The lowest BCUT2D eigenvalue weighted by molar-refractivity contribution is 0.0543. The van der Waals surface area contributed by atoms with Gasteiger partial charge in [-0.3, -0.25) is 0 Å². The number of rotatable bonds is 8. The quantitative estimate of drug-likeness (QED) is 0.758. The van der Waals surface area contributed by atoms with E-state index in [1.165, 1.54) is 10.9 Å². The van der Waals surface area contributed by atoms with Crippen molar-refractivity contribution in [2.75, 3.05) is 19.8 Å². The summed E-state index contributed by atoms with van der Waals surface area (Å²) in [5.74, 6) is 0.661. The Balaban J connectivity index is 2.12. The van der Waals surface area contributed by atoms with Crippen LogP contribution in [-0.4, -0.2) is 30.8 Å². The summed E-state index contributed by atoms with van der Waals surface area (Å²) < 4.78 is 11.2. The highest BCUT2D eigenvalue weighted by molar-refractivity contribution is 5.82. The van der Waals surface area contributed by atoms with Crippen LogP contribution in [0.15, 0.2) is 30.3 Å². The van der Waals surface area contributed by atoms with Crippen molar-refractivity contribution in [3.63, 3.8) is 0 Å². The molecular weight excluding hydrogens is 264 g/mol. The van der Waals surface area contributed by atoms with Gasteiger partial charge in [-0.05, 0) is 32.0 Å². The van der Waals surface area contributed by atoms with Gasteiger partial charge in [0.2, 0.25) is 5.88 Å². The maximum Gasteiger partial charge on any atom is 0.214 e. The topological polar surface area (TPSA) is 43.4 Å². The summed E-state index contributed by atoms with van der Waals surface area (Å²) in [6.45, 7) is 8.99. The predicted molar refractivity (Wildman–Crippen MR) is 85.7 cm³/mol. The molecule has 0 atom stereocenters. The Bertz CT molecular complexity index is 570. The monoisotopic (exact) mass is 288 g/mol. The van der Waals surface area contributed by atoms with Crippen molar-refractivity contribution >= 4 is 10.9 Å². The molecule has 1 N–H and O–H groups in total. The second-order valence-corrected chi connectivity index (χ2v) is 5.19. The largest absolute Gasteiger partial charge is 0.475 e. The number of hydrogen-bond acceptors (Lipinski definition) is 4. The number of pyridine rings is 1. The van der Waals surface area contributed by atoms with Gasteiger partial charge in [0.15, 0.2) is 0 Å². The molecule has 0 aliphatic carbocycles. The average Bonchev–Trinajstić information content (AvgIpc) is 2.49. The van der Waals surface area contributed by atoms with E-state index < -0.39 is 0 Å². The van der Waals surface area contributed by atoms with Gasteiger partial charge in [0.25, 0.3) is 0 Å².